The predicted molar refractivity (Wildman–Crippen MR) is 76.0 cm³/mol. The van der Waals surface area contributed by atoms with Gasteiger partial charge in [0.05, 0.1) is 6.54 Å². The Kier molecular flexibility index (Phi) is 3.73. The lowest BCUT2D eigenvalue weighted by Gasteiger charge is -2.32. The number of carbonyl (C=O) groups is 3. The van der Waals surface area contributed by atoms with Crippen molar-refractivity contribution in [1.29, 1.82) is 0 Å². The summed E-state index contributed by atoms with van der Waals surface area (Å²) in [6.07, 6.45) is 3.87. The van der Waals surface area contributed by atoms with E-state index < -0.39 is 17.9 Å². The number of nitrogens with one attached hydrogen (secondary N) is 1. The Morgan fingerprint density at radius 1 is 1.05 bits per heavy atom. The van der Waals surface area contributed by atoms with Gasteiger partial charge in [-0.05, 0) is 24.3 Å². The van der Waals surface area contributed by atoms with Crippen LogP contribution in [0.4, 0.5) is 4.79 Å². The van der Waals surface area contributed by atoms with Crippen LogP contribution in [0, 0.1) is 11.8 Å². The Morgan fingerprint density at radius 3 is 2.38 bits per heavy atom. The summed E-state index contributed by atoms with van der Waals surface area (Å²) in [6, 6.07) is 8.72. The lowest BCUT2D eigenvalue weighted by molar-refractivity contribution is -0.145. The molecule has 0 spiro atoms. The van der Waals surface area contributed by atoms with E-state index in [4.69, 9.17) is 0 Å². The molecule has 1 aromatic carbocycles. The standard InChI is InChI=1S/C16H18N2O3/c19-14-13(12-8-4-5-9-12)15(20)18(16(21)17-14)10-11-6-2-1-3-7-11/h1-3,6-7,12-13H,4-5,8-10H2,(H,17,19,21). The van der Waals surface area contributed by atoms with Crippen LogP contribution in [0.2, 0.25) is 0 Å². The van der Waals surface area contributed by atoms with Gasteiger partial charge in [0.25, 0.3) is 0 Å². The molecule has 110 valence electrons. The maximum absolute atomic E-state index is 12.6. The van der Waals surface area contributed by atoms with Gasteiger partial charge in [-0.2, -0.15) is 0 Å². The number of nitrogens with zero attached hydrogens (tertiary/aromatic N) is 1. The van der Waals surface area contributed by atoms with Crippen molar-refractivity contribution in [2.75, 3.05) is 0 Å². The van der Waals surface area contributed by atoms with E-state index in [0.29, 0.717) is 0 Å². The van der Waals surface area contributed by atoms with Crippen molar-refractivity contribution in [2.24, 2.45) is 11.8 Å². The highest BCUT2D eigenvalue weighted by Gasteiger charge is 2.45. The number of benzene rings is 1. The average molecular weight is 286 g/mol. The summed E-state index contributed by atoms with van der Waals surface area (Å²) in [5.41, 5.74) is 0.875. The molecular weight excluding hydrogens is 268 g/mol. The monoisotopic (exact) mass is 286 g/mol. The summed E-state index contributed by atoms with van der Waals surface area (Å²) in [7, 11) is 0. The summed E-state index contributed by atoms with van der Waals surface area (Å²) in [5.74, 6) is -1.40. The van der Waals surface area contributed by atoms with E-state index in [2.05, 4.69) is 5.32 Å². The van der Waals surface area contributed by atoms with E-state index in [9.17, 15) is 14.4 Å². The van der Waals surface area contributed by atoms with Crippen LogP contribution in [0.1, 0.15) is 31.2 Å². The van der Waals surface area contributed by atoms with E-state index in [1.807, 2.05) is 30.3 Å². The lowest BCUT2D eigenvalue weighted by atomic mass is 9.87. The highest BCUT2D eigenvalue weighted by Crippen LogP contribution is 2.34. The molecular formula is C16H18N2O3. The number of barbiturate groups is 1. The number of hydrogen-bond donors (Lipinski definition) is 1. The molecule has 2 aliphatic rings. The normalized spacial score (nSPS) is 23.5. The molecule has 21 heavy (non-hydrogen) atoms. The van der Waals surface area contributed by atoms with Crippen LogP contribution in [-0.2, 0) is 16.1 Å². The molecule has 5 nitrogen and oxygen atoms in total. The van der Waals surface area contributed by atoms with Crippen LogP contribution in [0.25, 0.3) is 0 Å². The van der Waals surface area contributed by atoms with Crippen molar-refractivity contribution in [3.63, 3.8) is 0 Å². The molecule has 1 heterocycles. The first-order chi connectivity index (χ1) is 10.2. The highest BCUT2D eigenvalue weighted by atomic mass is 16.2. The van der Waals surface area contributed by atoms with Gasteiger partial charge in [-0.1, -0.05) is 43.2 Å². The lowest BCUT2D eigenvalue weighted by Crippen LogP contribution is -2.59. The smallest absolute Gasteiger partial charge is 0.277 e. The second-order valence-electron chi connectivity index (χ2n) is 5.73. The van der Waals surface area contributed by atoms with Gasteiger partial charge < -0.3 is 0 Å². The molecule has 4 amide bonds. The number of imide groups is 2. The predicted octanol–water partition coefficient (Wildman–Crippen LogP) is 2.07. The van der Waals surface area contributed by atoms with E-state index in [0.717, 1.165) is 31.2 Å². The first-order valence-electron chi connectivity index (χ1n) is 7.37. The molecule has 2 fully saturated rings. The van der Waals surface area contributed by atoms with Gasteiger partial charge in [0.15, 0.2) is 0 Å². The fourth-order valence-corrected chi connectivity index (χ4v) is 3.25. The first kappa shape index (κ1) is 13.8. The fraction of sp³-hybridized carbons (Fsp3) is 0.438. The third kappa shape index (κ3) is 2.68. The summed E-state index contributed by atoms with van der Waals surface area (Å²) in [6.45, 7) is 0.210. The highest BCUT2D eigenvalue weighted by molar-refractivity contribution is 6.16. The van der Waals surface area contributed by atoms with E-state index in [1.165, 1.54) is 4.90 Å². The second-order valence-corrected chi connectivity index (χ2v) is 5.73. The molecule has 1 saturated heterocycles. The Hall–Kier alpha value is -2.17. The number of hydrogen-bond acceptors (Lipinski definition) is 3. The Bertz CT molecular complexity index is 564. The van der Waals surface area contributed by atoms with Crippen LogP contribution in [0.15, 0.2) is 30.3 Å². The van der Waals surface area contributed by atoms with Crippen molar-refractivity contribution in [3.8, 4) is 0 Å². The molecule has 1 aliphatic carbocycles. The van der Waals surface area contributed by atoms with Crippen molar-refractivity contribution in [2.45, 2.75) is 32.2 Å². The summed E-state index contributed by atoms with van der Waals surface area (Å²) < 4.78 is 0. The summed E-state index contributed by atoms with van der Waals surface area (Å²) in [5, 5.41) is 2.33. The third-order valence-electron chi connectivity index (χ3n) is 4.34. The average Bonchev–Trinajstić information content (AvgIpc) is 2.98. The minimum atomic E-state index is -0.700. The summed E-state index contributed by atoms with van der Waals surface area (Å²) >= 11 is 0. The van der Waals surface area contributed by atoms with Gasteiger partial charge in [-0.3, -0.25) is 19.8 Å². The van der Waals surface area contributed by atoms with Crippen molar-refractivity contribution in [1.82, 2.24) is 10.2 Å². The number of carbonyl (C=O) groups excluding carboxylic acids is 3. The van der Waals surface area contributed by atoms with E-state index in [1.54, 1.807) is 0 Å². The van der Waals surface area contributed by atoms with Crippen LogP contribution in [0.5, 0.6) is 0 Å². The maximum atomic E-state index is 12.6. The molecule has 0 radical (unpaired) electrons. The van der Waals surface area contributed by atoms with Gasteiger partial charge in [-0.25, -0.2) is 4.79 Å². The summed E-state index contributed by atoms with van der Waals surface area (Å²) in [4.78, 5) is 37.7. The van der Waals surface area contributed by atoms with Crippen LogP contribution in [0.3, 0.4) is 0 Å². The molecule has 3 rings (SSSR count). The second kappa shape index (κ2) is 5.68. The maximum Gasteiger partial charge on any atom is 0.331 e. The molecule has 1 N–H and O–H groups in total. The molecule has 1 aliphatic heterocycles. The fourth-order valence-electron chi connectivity index (χ4n) is 3.25. The molecule has 0 aromatic heterocycles. The molecule has 5 heteroatoms. The van der Waals surface area contributed by atoms with Gasteiger partial charge in [-0.15, -0.1) is 0 Å². The van der Waals surface area contributed by atoms with Gasteiger partial charge >= 0.3 is 6.03 Å². The van der Waals surface area contributed by atoms with Gasteiger partial charge in [0.2, 0.25) is 11.8 Å². The van der Waals surface area contributed by atoms with Crippen molar-refractivity contribution < 1.29 is 14.4 Å². The van der Waals surface area contributed by atoms with Gasteiger partial charge in [0.1, 0.15) is 5.92 Å². The number of rotatable bonds is 3. The van der Waals surface area contributed by atoms with Gasteiger partial charge in [0, 0.05) is 0 Å². The van der Waals surface area contributed by atoms with Crippen LogP contribution >= 0.6 is 0 Å². The minimum absolute atomic E-state index is 0.0730. The topological polar surface area (TPSA) is 66.5 Å². The molecule has 0 bridgehead atoms. The largest absolute Gasteiger partial charge is 0.331 e. The third-order valence-corrected chi connectivity index (χ3v) is 4.34. The zero-order chi connectivity index (χ0) is 14.8. The molecule has 1 aromatic rings. The van der Waals surface area contributed by atoms with Crippen LogP contribution in [-0.4, -0.2) is 22.7 Å². The zero-order valence-electron chi connectivity index (χ0n) is 11.7. The zero-order valence-corrected chi connectivity index (χ0v) is 11.7. The van der Waals surface area contributed by atoms with Crippen molar-refractivity contribution >= 4 is 17.8 Å². The SMILES string of the molecule is O=C1NC(=O)N(Cc2ccccc2)C(=O)C1C1CCCC1. The Morgan fingerprint density at radius 2 is 1.71 bits per heavy atom. The van der Waals surface area contributed by atoms with E-state index >= 15 is 0 Å². The molecule has 1 unspecified atom stereocenters. The Balaban J connectivity index is 1.80. The Labute approximate surface area is 123 Å². The minimum Gasteiger partial charge on any atom is -0.277 e. The molecule has 1 saturated carbocycles. The van der Waals surface area contributed by atoms with E-state index in [-0.39, 0.29) is 18.4 Å². The molecule has 1 atom stereocenters. The van der Waals surface area contributed by atoms with Crippen LogP contribution < -0.4 is 5.32 Å². The number of amides is 4. The first-order valence-corrected chi connectivity index (χ1v) is 7.37. The quantitative estimate of drug-likeness (QED) is 0.865. The number of urea groups is 1. The van der Waals surface area contributed by atoms with Crippen molar-refractivity contribution in [3.05, 3.63) is 35.9 Å².